The second kappa shape index (κ2) is 8.87. The van der Waals surface area contributed by atoms with Crippen LogP contribution in [0.1, 0.15) is 46.5 Å². The number of ether oxygens (including phenoxy) is 1. The zero-order valence-corrected chi connectivity index (χ0v) is 15.9. The highest BCUT2D eigenvalue weighted by atomic mass is 32.1. The van der Waals surface area contributed by atoms with Gasteiger partial charge in [0.1, 0.15) is 5.01 Å². The van der Waals surface area contributed by atoms with E-state index in [-0.39, 0.29) is 0 Å². The molecule has 0 spiro atoms. The molecule has 0 atom stereocenters. The van der Waals surface area contributed by atoms with Crippen LogP contribution in [0.3, 0.4) is 0 Å². The van der Waals surface area contributed by atoms with E-state index in [9.17, 15) is 9.59 Å². The van der Waals surface area contributed by atoms with Crippen molar-refractivity contribution >= 4 is 28.2 Å². The zero-order chi connectivity index (χ0) is 18.4. The van der Waals surface area contributed by atoms with Gasteiger partial charge in [0.05, 0.1) is 6.61 Å². The molecule has 0 unspecified atom stereocenters. The Morgan fingerprint density at radius 3 is 2.76 bits per heavy atom. The van der Waals surface area contributed by atoms with Gasteiger partial charge in [-0.25, -0.2) is 0 Å². The van der Waals surface area contributed by atoms with Gasteiger partial charge in [-0.1, -0.05) is 24.7 Å². The maximum Gasteiger partial charge on any atom is 0.298 e. The summed E-state index contributed by atoms with van der Waals surface area (Å²) in [5.74, 6) is -1.26. The van der Waals surface area contributed by atoms with Crippen LogP contribution in [0.15, 0.2) is 6.07 Å². The molecule has 1 N–H and O–H groups in total. The number of ketones is 1. The van der Waals surface area contributed by atoms with E-state index in [2.05, 4.69) is 22.4 Å². The van der Waals surface area contributed by atoms with Crippen LogP contribution in [0.5, 0.6) is 0 Å². The highest BCUT2D eigenvalue weighted by Crippen LogP contribution is 2.19. The van der Waals surface area contributed by atoms with Gasteiger partial charge in [0, 0.05) is 37.0 Å². The molecule has 25 heavy (non-hydrogen) atoms. The molecule has 0 radical (unpaired) electrons. The number of amides is 1. The van der Waals surface area contributed by atoms with Crippen molar-refractivity contribution in [1.82, 2.24) is 14.8 Å². The quantitative estimate of drug-likeness (QED) is 0.546. The highest BCUT2D eigenvalue weighted by Gasteiger charge is 2.23. The van der Waals surface area contributed by atoms with Crippen molar-refractivity contribution in [3.8, 4) is 0 Å². The first-order chi connectivity index (χ1) is 12.0. The summed E-state index contributed by atoms with van der Waals surface area (Å²) in [6, 6.07) is 1.74. The monoisotopic (exact) mass is 364 g/mol. The number of carbonyl (C=O) groups is 2. The number of anilines is 1. The number of aromatic nitrogens is 3. The van der Waals surface area contributed by atoms with Crippen molar-refractivity contribution in [2.24, 2.45) is 0 Å². The minimum atomic E-state index is -0.690. The first kappa shape index (κ1) is 19.3. The Kier molecular flexibility index (Phi) is 6.83. The summed E-state index contributed by atoms with van der Waals surface area (Å²) in [7, 11) is 1.63. The molecule has 0 fully saturated rings. The Hall–Kier alpha value is -2.06. The number of methoxy groups -OCH3 is 1. The Bertz CT molecular complexity index is 751. The van der Waals surface area contributed by atoms with Crippen LogP contribution in [0.2, 0.25) is 0 Å². The van der Waals surface area contributed by atoms with Crippen LogP contribution >= 0.6 is 11.3 Å². The molecule has 0 aliphatic rings. The van der Waals surface area contributed by atoms with E-state index in [0.29, 0.717) is 23.8 Å². The third-order valence-electron chi connectivity index (χ3n) is 3.98. The Labute approximate surface area is 151 Å². The molecule has 0 saturated carbocycles. The Balaban J connectivity index is 2.07. The number of unbranched alkanes of at least 4 members (excludes halogenated alkanes) is 1. The second-order valence-corrected chi connectivity index (χ2v) is 6.88. The number of nitrogens with one attached hydrogen (secondary N) is 1. The smallest absolute Gasteiger partial charge is 0.298 e. The maximum absolute atomic E-state index is 12.5. The fraction of sp³-hybridized carbons (Fsp3) is 0.529. The lowest BCUT2D eigenvalue weighted by atomic mass is 10.1. The summed E-state index contributed by atoms with van der Waals surface area (Å²) < 4.78 is 7.05. The largest absolute Gasteiger partial charge is 0.383 e. The second-order valence-electron chi connectivity index (χ2n) is 5.82. The molecule has 2 heterocycles. The number of nitrogens with zero attached hydrogens (tertiary/aromatic N) is 3. The highest BCUT2D eigenvalue weighted by molar-refractivity contribution is 7.15. The molecule has 2 aromatic heterocycles. The molecule has 7 nitrogen and oxygen atoms in total. The fourth-order valence-electron chi connectivity index (χ4n) is 2.57. The van der Waals surface area contributed by atoms with Gasteiger partial charge in [-0.3, -0.25) is 14.9 Å². The molecule has 8 heteroatoms. The number of hydrogen-bond acceptors (Lipinski definition) is 6. The molecular weight excluding hydrogens is 340 g/mol. The lowest BCUT2D eigenvalue weighted by Crippen LogP contribution is -2.23. The van der Waals surface area contributed by atoms with Crippen LogP contribution in [0.4, 0.5) is 5.13 Å². The molecule has 0 bridgehead atoms. The summed E-state index contributed by atoms with van der Waals surface area (Å²) in [4.78, 5) is 24.8. The van der Waals surface area contributed by atoms with Crippen molar-refractivity contribution in [1.29, 1.82) is 0 Å². The van der Waals surface area contributed by atoms with Gasteiger partial charge in [-0.05, 0) is 26.3 Å². The lowest BCUT2D eigenvalue weighted by Gasteiger charge is -2.08. The van der Waals surface area contributed by atoms with E-state index in [1.165, 1.54) is 11.3 Å². The predicted octanol–water partition coefficient (Wildman–Crippen LogP) is 2.77. The molecule has 2 aromatic rings. The summed E-state index contributed by atoms with van der Waals surface area (Å²) >= 11 is 1.31. The van der Waals surface area contributed by atoms with E-state index in [4.69, 9.17) is 4.74 Å². The van der Waals surface area contributed by atoms with E-state index in [0.717, 1.165) is 35.7 Å². The number of carbonyl (C=O) groups excluding carboxylic acids is 2. The minimum absolute atomic E-state index is 0.359. The van der Waals surface area contributed by atoms with Crippen LogP contribution in [0.25, 0.3) is 0 Å². The fourth-order valence-corrected chi connectivity index (χ4v) is 3.34. The van der Waals surface area contributed by atoms with Gasteiger partial charge >= 0.3 is 0 Å². The Morgan fingerprint density at radius 1 is 1.32 bits per heavy atom. The average Bonchev–Trinajstić information content (AvgIpc) is 3.15. The molecule has 0 aromatic carbocycles. The molecular formula is C17H24N4O3S. The van der Waals surface area contributed by atoms with Gasteiger partial charge in [0.25, 0.3) is 11.7 Å². The van der Waals surface area contributed by atoms with Crippen LogP contribution in [-0.2, 0) is 22.5 Å². The van der Waals surface area contributed by atoms with E-state index >= 15 is 0 Å². The SMILES string of the molecule is CCCCc1nnc(NC(=O)C(=O)c2cc(C)n(CCOC)c2C)s1. The van der Waals surface area contributed by atoms with Gasteiger partial charge in [0.2, 0.25) is 5.13 Å². The summed E-state index contributed by atoms with van der Waals surface area (Å²) in [5.41, 5.74) is 2.08. The van der Waals surface area contributed by atoms with E-state index < -0.39 is 11.7 Å². The number of hydrogen-bond donors (Lipinski definition) is 1. The van der Waals surface area contributed by atoms with Crippen molar-refractivity contribution in [2.75, 3.05) is 19.0 Å². The predicted molar refractivity (Wildman–Crippen MR) is 97.3 cm³/mol. The summed E-state index contributed by atoms with van der Waals surface area (Å²) in [6.45, 7) is 7.02. The van der Waals surface area contributed by atoms with Crippen molar-refractivity contribution in [2.45, 2.75) is 46.6 Å². The number of aryl methyl sites for hydroxylation is 2. The molecule has 0 aliphatic heterocycles. The van der Waals surface area contributed by atoms with Gasteiger partial charge in [-0.2, -0.15) is 0 Å². The maximum atomic E-state index is 12.5. The first-order valence-corrected chi connectivity index (χ1v) is 9.13. The van der Waals surface area contributed by atoms with Crippen LogP contribution in [0, 0.1) is 13.8 Å². The third kappa shape index (κ3) is 4.73. The lowest BCUT2D eigenvalue weighted by molar-refractivity contribution is -0.112. The molecule has 136 valence electrons. The van der Waals surface area contributed by atoms with Crippen molar-refractivity contribution < 1.29 is 14.3 Å². The molecule has 0 saturated heterocycles. The molecule has 0 aliphatic carbocycles. The zero-order valence-electron chi connectivity index (χ0n) is 15.1. The molecule has 1 amide bonds. The third-order valence-corrected chi connectivity index (χ3v) is 4.87. The van der Waals surface area contributed by atoms with Crippen LogP contribution in [-0.4, -0.2) is 40.2 Å². The summed E-state index contributed by atoms with van der Waals surface area (Å²) in [6.07, 6.45) is 2.92. The van der Waals surface area contributed by atoms with Crippen LogP contribution < -0.4 is 5.32 Å². The number of rotatable bonds is 9. The van der Waals surface area contributed by atoms with E-state index in [1.807, 2.05) is 18.4 Å². The van der Waals surface area contributed by atoms with Gasteiger partial charge in [0.15, 0.2) is 0 Å². The normalized spacial score (nSPS) is 10.9. The standard InChI is InChI=1S/C17H24N4O3S/c1-5-6-7-14-19-20-17(25-14)18-16(23)15(22)13-10-11(2)21(12(13)3)8-9-24-4/h10H,5-9H2,1-4H3,(H,18,20,23). The number of Topliss-reactive ketones (excluding diaryl/α,β-unsaturated/α-hetero) is 1. The van der Waals surface area contributed by atoms with Crippen molar-refractivity contribution in [3.63, 3.8) is 0 Å². The van der Waals surface area contributed by atoms with Gasteiger partial charge < -0.3 is 9.30 Å². The Morgan fingerprint density at radius 2 is 2.08 bits per heavy atom. The average molecular weight is 364 g/mol. The van der Waals surface area contributed by atoms with Crippen molar-refractivity contribution in [3.05, 3.63) is 28.0 Å². The summed E-state index contributed by atoms with van der Waals surface area (Å²) in [5, 5.41) is 11.7. The van der Waals surface area contributed by atoms with E-state index in [1.54, 1.807) is 13.2 Å². The van der Waals surface area contributed by atoms with Gasteiger partial charge in [-0.15, -0.1) is 10.2 Å². The molecule has 2 rings (SSSR count). The topological polar surface area (TPSA) is 86.1 Å². The first-order valence-electron chi connectivity index (χ1n) is 8.31. The minimum Gasteiger partial charge on any atom is -0.383 e.